The highest BCUT2D eigenvalue weighted by Crippen LogP contribution is 1.89. The van der Waals surface area contributed by atoms with Crippen LogP contribution in [0, 0.1) is 0 Å². The Morgan fingerprint density at radius 1 is 1.06 bits per heavy atom. The number of aliphatic carboxylic acids is 1. The number of carboxylic acid groups (broad SMARTS) is 1. The third-order valence-electron chi connectivity index (χ3n) is 1.64. The van der Waals surface area contributed by atoms with Crippen LogP contribution in [0.4, 0.5) is 0 Å². The van der Waals surface area contributed by atoms with Crippen molar-refractivity contribution in [2.24, 2.45) is 0 Å². The fraction of sp³-hybridized carbons (Fsp3) is 0.636. The van der Waals surface area contributed by atoms with Crippen LogP contribution in [0.2, 0.25) is 0 Å². The molecule has 98 valence electrons. The summed E-state index contributed by atoms with van der Waals surface area (Å²) in [5, 5.41) is 8.32. The predicted molar refractivity (Wildman–Crippen MR) is 59.7 cm³/mol. The van der Waals surface area contributed by atoms with E-state index in [0.717, 1.165) is 0 Å². The molecule has 0 aliphatic carbocycles. The van der Waals surface area contributed by atoms with Gasteiger partial charge >= 0.3 is 11.9 Å². The van der Waals surface area contributed by atoms with Crippen LogP contribution in [0.5, 0.6) is 0 Å². The minimum Gasteiger partial charge on any atom is -0.481 e. The topological polar surface area (TPSA) is 82.1 Å². The molecule has 0 aliphatic rings. The van der Waals surface area contributed by atoms with Gasteiger partial charge in [0.15, 0.2) is 0 Å². The molecule has 1 N–H and O–H groups in total. The van der Waals surface area contributed by atoms with E-state index in [4.69, 9.17) is 19.3 Å². The van der Waals surface area contributed by atoms with Gasteiger partial charge in [-0.1, -0.05) is 12.7 Å². The summed E-state index contributed by atoms with van der Waals surface area (Å²) in [4.78, 5) is 21.1. The van der Waals surface area contributed by atoms with Crippen LogP contribution in [0.15, 0.2) is 12.7 Å². The molecule has 6 nitrogen and oxygen atoms in total. The third-order valence-corrected chi connectivity index (χ3v) is 1.64. The van der Waals surface area contributed by atoms with Crippen molar-refractivity contribution < 1.29 is 28.9 Å². The van der Waals surface area contributed by atoms with E-state index in [2.05, 4.69) is 6.58 Å². The molecule has 0 saturated carbocycles. The highest BCUT2D eigenvalue weighted by Gasteiger charge is 2.01. The van der Waals surface area contributed by atoms with Crippen LogP contribution in [-0.4, -0.2) is 50.1 Å². The molecule has 0 rings (SSSR count). The first kappa shape index (κ1) is 15.6. The number of rotatable bonds is 11. The van der Waals surface area contributed by atoms with E-state index in [1.165, 1.54) is 6.08 Å². The zero-order valence-electron chi connectivity index (χ0n) is 9.72. The number of carboxylic acids is 1. The van der Waals surface area contributed by atoms with Gasteiger partial charge in [-0.2, -0.15) is 0 Å². The van der Waals surface area contributed by atoms with Gasteiger partial charge in [0.2, 0.25) is 0 Å². The van der Waals surface area contributed by atoms with Crippen molar-refractivity contribution in [2.75, 3.05) is 33.0 Å². The molecule has 0 aromatic carbocycles. The second-order valence-electron chi connectivity index (χ2n) is 3.09. The van der Waals surface area contributed by atoms with Crippen molar-refractivity contribution in [3.05, 3.63) is 12.7 Å². The van der Waals surface area contributed by atoms with Gasteiger partial charge in [-0.25, -0.2) is 0 Å². The number of carbonyl (C=O) groups is 2. The molecule has 6 heteroatoms. The molecule has 0 fully saturated rings. The molecule has 0 unspecified atom stereocenters. The Kier molecular flexibility index (Phi) is 10.2. The SMILES string of the molecule is C=CCOC(=O)CCOCCOCCC(=O)O. The first-order valence-electron chi connectivity index (χ1n) is 5.30. The smallest absolute Gasteiger partial charge is 0.308 e. The summed E-state index contributed by atoms with van der Waals surface area (Å²) < 4.78 is 14.8. The van der Waals surface area contributed by atoms with Gasteiger partial charge in [-0.05, 0) is 0 Å². The van der Waals surface area contributed by atoms with Crippen molar-refractivity contribution >= 4 is 11.9 Å². The second-order valence-corrected chi connectivity index (χ2v) is 3.09. The van der Waals surface area contributed by atoms with E-state index >= 15 is 0 Å². The summed E-state index contributed by atoms with van der Waals surface area (Å²) in [6, 6.07) is 0. The van der Waals surface area contributed by atoms with Gasteiger partial charge in [-0.3, -0.25) is 9.59 Å². The lowest BCUT2D eigenvalue weighted by atomic mass is 10.4. The van der Waals surface area contributed by atoms with E-state index in [0.29, 0.717) is 13.2 Å². The highest BCUT2D eigenvalue weighted by atomic mass is 16.5. The molecule has 0 atom stereocenters. The minimum atomic E-state index is -0.893. The third kappa shape index (κ3) is 12.5. The first-order chi connectivity index (χ1) is 8.16. The van der Waals surface area contributed by atoms with Crippen molar-refractivity contribution in [1.29, 1.82) is 0 Å². The number of hydrogen-bond acceptors (Lipinski definition) is 5. The van der Waals surface area contributed by atoms with Gasteiger partial charge in [0.25, 0.3) is 0 Å². The fourth-order valence-corrected chi connectivity index (χ4v) is 0.861. The normalized spacial score (nSPS) is 9.88. The van der Waals surface area contributed by atoms with Crippen molar-refractivity contribution in [3.63, 3.8) is 0 Å². The van der Waals surface area contributed by atoms with Gasteiger partial charge < -0.3 is 19.3 Å². The van der Waals surface area contributed by atoms with E-state index in [1.54, 1.807) is 0 Å². The Morgan fingerprint density at radius 2 is 1.65 bits per heavy atom. The van der Waals surface area contributed by atoms with E-state index in [-0.39, 0.29) is 38.6 Å². The summed E-state index contributed by atoms with van der Waals surface area (Å²) in [6.45, 7) is 4.69. The molecule has 0 aromatic heterocycles. The number of esters is 1. The van der Waals surface area contributed by atoms with Crippen molar-refractivity contribution in [3.8, 4) is 0 Å². The number of carbonyl (C=O) groups excluding carboxylic acids is 1. The maximum absolute atomic E-state index is 11.0. The van der Waals surface area contributed by atoms with Crippen LogP contribution in [0.3, 0.4) is 0 Å². The van der Waals surface area contributed by atoms with E-state index < -0.39 is 5.97 Å². The lowest BCUT2D eigenvalue weighted by Gasteiger charge is -2.04. The predicted octanol–water partition coefficient (Wildman–Crippen LogP) is 0.614. The van der Waals surface area contributed by atoms with Crippen LogP contribution >= 0.6 is 0 Å². The van der Waals surface area contributed by atoms with Gasteiger partial charge in [0.05, 0.1) is 39.3 Å². The van der Waals surface area contributed by atoms with Gasteiger partial charge in [0.1, 0.15) is 6.61 Å². The minimum absolute atomic E-state index is 0.0200. The lowest BCUT2D eigenvalue weighted by molar-refractivity contribution is -0.144. The average molecular weight is 246 g/mol. The zero-order valence-corrected chi connectivity index (χ0v) is 9.72. The van der Waals surface area contributed by atoms with E-state index in [9.17, 15) is 9.59 Å². The first-order valence-corrected chi connectivity index (χ1v) is 5.30. The van der Waals surface area contributed by atoms with Crippen molar-refractivity contribution in [2.45, 2.75) is 12.8 Å². The summed E-state index contributed by atoms with van der Waals surface area (Å²) in [6.07, 6.45) is 1.66. The average Bonchev–Trinajstić information content (AvgIpc) is 2.29. The monoisotopic (exact) mass is 246 g/mol. The largest absolute Gasteiger partial charge is 0.481 e. The molecule has 0 spiro atoms. The summed E-state index contributed by atoms with van der Waals surface area (Å²) in [5.41, 5.74) is 0. The molecule has 0 aromatic rings. The standard InChI is InChI=1S/C11H18O6/c1-2-5-17-11(14)4-7-16-9-8-15-6-3-10(12)13/h2H,1,3-9H2,(H,12,13). The Balaban J connectivity index is 3.15. The summed E-state index contributed by atoms with van der Waals surface area (Å²) >= 11 is 0. The Bertz CT molecular complexity index is 238. The summed E-state index contributed by atoms with van der Waals surface area (Å²) in [7, 11) is 0. The maximum Gasteiger partial charge on any atom is 0.308 e. The second kappa shape index (κ2) is 11.1. The zero-order chi connectivity index (χ0) is 12.9. The molecule has 0 amide bonds. The Morgan fingerprint density at radius 3 is 2.18 bits per heavy atom. The molecule has 0 bridgehead atoms. The molecule has 0 heterocycles. The summed E-state index contributed by atoms with van der Waals surface area (Å²) in [5.74, 6) is -1.23. The Labute approximate surface area is 100 Å². The maximum atomic E-state index is 11.0. The molecule has 17 heavy (non-hydrogen) atoms. The lowest BCUT2D eigenvalue weighted by Crippen LogP contribution is -2.12. The van der Waals surface area contributed by atoms with Crippen LogP contribution < -0.4 is 0 Å². The molecular formula is C11H18O6. The van der Waals surface area contributed by atoms with E-state index in [1.807, 2.05) is 0 Å². The van der Waals surface area contributed by atoms with Gasteiger partial charge in [0, 0.05) is 0 Å². The molecule has 0 aliphatic heterocycles. The van der Waals surface area contributed by atoms with Crippen molar-refractivity contribution in [1.82, 2.24) is 0 Å². The van der Waals surface area contributed by atoms with Gasteiger partial charge in [-0.15, -0.1) is 0 Å². The molecular weight excluding hydrogens is 228 g/mol. The van der Waals surface area contributed by atoms with Crippen LogP contribution in [0.1, 0.15) is 12.8 Å². The quantitative estimate of drug-likeness (QED) is 0.327. The Hall–Kier alpha value is -1.40. The molecule has 0 saturated heterocycles. The highest BCUT2D eigenvalue weighted by molar-refractivity contribution is 5.69. The van der Waals surface area contributed by atoms with Crippen LogP contribution in [0.25, 0.3) is 0 Å². The van der Waals surface area contributed by atoms with Crippen LogP contribution in [-0.2, 0) is 23.8 Å². The number of ether oxygens (including phenoxy) is 3. The number of hydrogen-bond donors (Lipinski definition) is 1. The fourth-order valence-electron chi connectivity index (χ4n) is 0.861. The molecule has 0 radical (unpaired) electrons.